The fourth-order valence-corrected chi connectivity index (χ4v) is 4.92. The Bertz CT molecular complexity index is 653. The third-order valence-corrected chi connectivity index (χ3v) is 6.22. The summed E-state index contributed by atoms with van der Waals surface area (Å²) in [4.78, 5) is 0.309. The predicted octanol–water partition coefficient (Wildman–Crippen LogP) is 1.73. The van der Waals surface area contributed by atoms with Gasteiger partial charge in [0.25, 0.3) is 0 Å². The topological polar surface area (TPSA) is 81.4 Å². The van der Waals surface area contributed by atoms with Crippen LogP contribution in [0.3, 0.4) is 0 Å². The first-order valence-electron chi connectivity index (χ1n) is 7.40. The number of aryl methyl sites for hydroxylation is 1. The Morgan fingerprint density at radius 2 is 1.95 bits per heavy atom. The molecule has 6 heteroatoms. The number of hydrogen-bond donors (Lipinski definition) is 2. The van der Waals surface area contributed by atoms with Crippen LogP contribution in [-0.4, -0.2) is 27.2 Å². The molecule has 2 aliphatic rings. The minimum atomic E-state index is -3.58. The number of rotatable bonds is 4. The molecule has 1 aromatic rings. The minimum Gasteiger partial charge on any atom is -0.398 e. The summed E-state index contributed by atoms with van der Waals surface area (Å²) in [5.41, 5.74) is 7.70. The summed E-state index contributed by atoms with van der Waals surface area (Å²) in [5.74, 6) is 0.517. The van der Waals surface area contributed by atoms with Gasteiger partial charge in [-0.05, 0) is 56.2 Å². The van der Waals surface area contributed by atoms with Gasteiger partial charge in [-0.2, -0.15) is 0 Å². The van der Waals surface area contributed by atoms with Crippen molar-refractivity contribution in [2.45, 2.75) is 50.2 Å². The molecule has 0 bridgehead atoms. The second-order valence-corrected chi connectivity index (χ2v) is 7.77. The van der Waals surface area contributed by atoms with E-state index in [2.05, 4.69) is 4.72 Å². The van der Waals surface area contributed by atoms with Crippen molar-refractivity contribution in [3.05, 3.63) is 23.3 Å². The average molecular weight is 310 g/mol. The largest absolute Gasteiger partial charge is 0.398 e. The van der Waals surface area contributed by atoms with E-state index in [-0.39, 0.29) is 12.1 Å². The lowest BCUT2D eigenvalue weighted by atomic mass is 10.1. The number of anilines is 1. The lowest BCUT2D eigenvalue weighted by Crippen LogP contribution is -2.41. The molecule has 116 valence electrons. The first kappa shape index (κ1) is 14.8. The van der Waals surface area contributed by atoms with Crippen molar-refractivity contribution in [3.63, 3.8) is 0 Å². The average Bonchev–Trinajstić information content (AvgIpc) is 3.15. The Balaban J connectivity index is 1.89. The standard InChI is InChI=1S/C15H22N2O3S/c1-9-3-6-12(16)10(2)15(9)21(18,19)17-13-7-8-20-14(13)11-4-5-11/h3,6,11,13-14,17H,4-5,7-8,16H2,1-2H3. The van der Waals surface area contributed by atoms with Crippen LogP contribution in [0, 0.1) is 19.8 Å². The van der Waals surface area contributed by atoms with Crippen molar-refractivity contribution >= 4 is 15.7 Å². The molecule has 2 atom stereocenters. The molecular formula is C15H22N2O3S. The van der Waals surface area contributed by atoms with E-state index < -0.39 is 10.0 Å². The molecule has 5 nitrogen and oxygen atoms in total. The summed E-state index contributed by atoms with van der Waals surface area (Å²) in [5, 5.41) is 0. The molecule has 3 rings (SSSR count). The van der Waals surface area contributed by atoms with Crippen molar-refractivity contribution in [2.24, 2.45) is 5.92 Å². The van der Waals surface area contributed by atoms with Crippen molar-refractivity contribution < 1.29 is 13.2 Å². The Morgan fingerprint density at radius 1 is 1.24 bits per heavy atom. The van der Waals surface area contributed by atoms with E-state index in [1.807, 2.05) is 0 Å². The van der Waals surface area contributed by atoms with Crippen molar-refractivity contribution in [3.8, 4) is 0 Å². The third-order valence-electron chi connectivity index (χ3n) is 4.44. The highest BCUT2D eigenvalue weighted by Crippen LogP contribution is 2.39. The highest BCUT2D eigenvalue weighted by Gasteiger charge is 2.42. The van der Waals surface area contributed by atoms with Crippen molar-refractivity contribution in [1.82, 2.24) is 4.72 Å². The molecule has 1 saturated carbocycles. The van der Waals surface area contributed by atoms with Gasteiger partial charge in [-0.15, -0.1) is 0 Å². The van der Waals surface area contributed by atoms with Gasteiger partial charge in [0, 0.05) is 12.3 Å². The second kappa shape index (κ2) is 5.26. The maximum Gasteiger partial charge on any atom is 0.241 e. The van der Waals surface area contributed by atoms with E-state index in [4.69, 9.17) is 10.5 Å². The minimum absolute atomic E-state index is 0.0291. The molecule has 21 heavy (non-hydrogen) atoms. The van der Waals surface area contributed by atoms with Gasteiger partial charge >= 0.3 is 0 Å². The van der Waals surface area contributed by atoms with Gasteiger partial charge in [0.05, 0.1) is 17.0 Å². The Hall–Kier alpha value is -1.11. The smallest absolute Gasteiger partial charge is 0.241 e. The number of sulfonamides is 1. The van der Waals surface area contributed by atoms with Crippen LogP contribution in [0.4, 0.5) is 5.69 Å². The summed E-state index contributed by atoms with van der Waals surface area (Å²) >= 11 is 0. The molecule has 0 radical (unpaired) electrons. The Labute approximate surface area is 125 Å². The monoisotopic (exact) mass is 310 g/mol. The normalized spacial score (nSPS) is 26.2. The zero-order valence-corrected chi connectivity index (χ0v) is 13.2. The molecule has 0 amide bonds. The third kappa shape index (κ3) is 2.80. The summed E-state index contributed by atoms with van der Waals surface area (Å²) in [6, 6.07) is 3.37. The summed E-state index contributed by atoms with van der Waals surface area (Å²) < 4.78 is 34.0. The summed E-state index contributed by atoms with van der Waals surface area (Å²) in [7, 11) is -3.58. The molecule has 1 aromatic carbocycles. The zero-order valence-electron chi connectivity index (χ0n) is 12.4. The van der Waals surface area contributed by atoms with Gasteiger partial charge in [0.2, 0.25) is 10.0 Å². The maximum atomic E-state index is 12.7. The zero-order chi connectivity index (χ0) is 15.2. The van der Waals surface area contributed by atoms with E-state index in [0.29, 0.717) is 28.7 Å². The van der Waals surface area contributed by atoms with Crippen LogP contribution in [0.2, 0.25) is 0 Å². The molecule has 1 aliphatic heterocycles. The number of nitrogen functional groups attached to an aromatic ring is 1. The summed E-state index contributed by atoms with van der Waals surface area (Å²) in [6.07, 6.45) is 3.04. The van der Waals surface area contributed by atoms with E-state index in [9.17, 15) is 8.42 Å². The van der Waals surface area contributed by atoms with Gasteiger partial charge in [0.1, 0.15) is 0 Å². The van der Waals surface area contributed by atoms with Gasteiger partial charge in [0.15, 0.2) is 0 Å². The second-order valence-electron chi connectivity index (χ2n) is 6.12. The lowest BCUT2D eigenvalue weighted by Gasteiger charge is -2.21. The molecule has 1 aliphatic carbocycles. The van der Waals surface area contributed by atoms with Crippen LogP contribution in [0.25, 0.3) is 0 Å². The van der Waals surface area contributed by atoms with Crippen LogP contribution < -0.4 is 10.5 Å². The number of nitrogens with one attached hydrogen (secondary N) is 1. The Morgan fingerprint density at radius 3 is 2.62 bits per heavy atom. The highest BCUT2D eigenvalue weighted by atomic mass is 32.2. The van der Waals surface area contributed by atoms with E-state index in [1.54, 1.807) is 26.0 Å². The molecule has 1 saturated heterocycles. The van der Waals surface area contributed by atoms with Crippen LogP contribution >= 0.6 is 0 Å². The van der Waals surface area contributed by atoms with Gasteiger partial charge in [-0.1, -0.05) is 6.07 Å². The molecule has 1 heterocycles. The predicted molar refractivity (Wildman–Crippen MR) is 81.5 cm³/mol. The van der Waals surface area contributed by atoms with Gasteiger partial charge < -0.3 is 10.5 Å². The maximum absolute atomic E-state index is 12.7. The highest BCUT2D eigenvalue weighted by molar-refractivity contribution is 7.89. The summed E-state index contributed by atoms with van der Waals surface area (Å²) in [6.45, 7) is 4.17. The SMILES string of the molecule is Cc1ccc(N)c(C)c1S(=O)(=O)NC1CCOC1C1CC1. The number of ether oxygens (including phenoxy) is 1. The molecule has 0 aromatic heterocycles. The van der Waals surface area contributed by atoms with Gasteiger partial charge in [-0.3, -0.25) is 0 Å². The number of hydrogen-bond acceptors (Lipinski definition) is 4. The molecule has 2 unspecified atom stereocenters. The molecule has 3 N–H and O–H groups in total. The lowest BCUT2D eigenvalue weighted by molar-refractivity contribution is 0.0848. The Kier molecular flexibility index (Phi) is 3.71. The van der Waals surface area contributed by atoms with Gasteiger partial charge in [-0.25, -0.2) is 13.1 Å². The number of benzene rings is 1. The van der Waals surface area contributed by atoms with Crippen molar-refractivity contribution in [1.29, 1.82) is 0 Å². The van der Waals surface area contributed by atoms with Crippen LogP contribution in [0.1, 0.15) is 30.4 Å². The van der Waals surface area contributed by atoms with E-state index in [1.165, 1.54) is 0 Å². The quantitative estimate of drug-likeness (QED) is 0.830. The van der Waals surface area contributed by atoms with Crippen LogP contribution in [-0.2, 0) is 14.8 Å². The van der Waals surface area contributed by atoms with Crippen LogP contribution in [0.15, 0.2) is 17.0 Å². The first-order valence-corrected chi connectivity index (χ1v) is 8.88. The van der Waals surface area contributed by atoms with E-state index >= 15 is 0 Å². The molecule has 2 fully saturated rings. The fraction of sp³-hybridized carbons (Fsp3) is 0.600. The fourth-order valence-electron chi connectivity index (χ4n) is 3.14. The first-order chi connectivity index (χ1) is 9.90. The molecule has 0 spiro atoms. The molecular weight excluding hydrogens is 288 g/mol. The number of nitrogens with two attached hydrogens (primary N) is 1. The van der Waals surface area contributed by atoms with E-state index in [0.717, 1.165) is 24.8 Å². The van der Waals surface area contributed by atoms with Crippen LogP contribution in [0.5, 0.6) is 0 Å². The van der Waals surface area contributed by atoms with Crippen molar-refractivity contribution in [2.75, 3.05) is 12.3 Å².